The highest BCUT2D eigenvalue weighted by Crippen LogP contribution is 2.22. The van der Waals surface area contributed by atoms with Gasteiger partial charge in [-0.1, -0.05) is 6.08 Å². The van der Waals surface area contributed by atoms with Crippen molar-refractivity contribution in [3.8, 4) is 0 Å². The van der Waals surface area contributed by atoms with Gasteiger partial charge in [0.1, 0.15) is 0 Å². The average molecular weight is 123 g/mol. The molecule has 1 amide bonds. The Morgan fingerprint density at radius 2 is 2.56 bits per heavy atom. The van der Waals surface area contributed by atoms with E-state index in [4.69, 9.17) is 0 Å². The van der Waals surface area contributed by atoms with Gasteiger partial charge in [-0.2, -0.15) is 0 Å². The molecule has 0 unspecified atom stereocenters. The van der Waals surface area contributed by atoms with Gasteiger partial charge in [-0.15, -0.1) is 0 Å². The normalized spacial score (nSPS) is 31.8. The molecule has 0 aromatic heterocycles. The van der Waals surface area contributed by atoms with Crippen LogP contribution in [-0.4, -0.2) is 23.4 Å². The lowest BCUT2D eigenvalue weighted by Gasteiger charge is -2.13. The van der Waals surface area contributed by atoms with E-state index in [9.17, 15) is 4.79 Å². The van der Waals surface area contributed by atoms with E-state index in [-0.39, 0.29) is 5.91 Å². The molecule has 0 aromatic rings. The Labute approximate surface area is 54.1 Å². The van der Waals surface area contributed by atoms with Crippen molar-refractivity contribution < 1.29 is 4.79 Å². The number of nitrogens with zero attached hydrogens (tertiary/aromatic N) is 1. The van der Waals surface area contributed by atoms with E-state index in [1.165, 1.54) is 12.8 Å². The van der Waals surface area contributed by atoms with Crippen molar-refractivity contribution in [3.63, 3.8) is 0 Å². The van der Waals surface area contributed by atoms with Gasteiger partial charge in [0.25, 0.3) is 0 Å². The number of rotatable bonds is 0. The van der Waals surface area contributed by atoms with Crippen LogP contribution in [0, 0.1) is 0 Å². The van der Waals surface area contributed by atoms with Crippen LogP contribution in [0.1, 0.15) is 12.8 Å². The van der Waals surface area contributed by atoms with Crippen LogP contribution in [0.15, 0.2) is 12.2 Å². The molecule has 0 saturated carbocycles. The van der Waals surface area contributed by atoms with E-state index in [2.05, 4.69) is 0 Å². The number of amides is 1. The summed E-state index contributed by atoms with van der Waals surface area (Å²) in [5.41, 5.74) is 0. The summed E-state index contributed by atoms with van der Waals surface area (Å²) in [5.74, 6) is 0.206. The van der Waals surface area contributed by atoms with Crippen LogP contribution in [0.2, 0.25) is 0 Å². The second-order valence-electron chi connectivity index (χ2n) is 2.60. The molecule has 2 heterocycles. The van der Waals surface area contributed by atoms with Crippen LogP contribution in [0.3, 0.4) is 0 Å². The quantitative estimate of drug-likeness (QED) is 0.460. The zero-order valence-electron chi connectivity index (χ0n) is 5.21. The minimum absolute atomic E-state index is 0.206. The topological polar surface area (TPSA) is 20.3 Å². The number of carbonyl (C=O) groups is 1. The van der Waals surface area contributed by atoms with Crippen LogP contribution >= 0.6 is 0 Å². The largest absolute Gasteiger partial charge is 0.333 e. The Morgan fingerprint density at radius 1 is 1.67 bits per heavy atom. The molecule has 1 saturated heterocycles. The Morgan fingerprint density at radius 3 is 3.33 bits per heavy atom. The lowest BCUT2D eigenvalue weighted by molar-refractivity contribution is -0.124. The molecule has 48 valence electrons. The lowest BCUT2D eigenvalue weighted by Crippen LogP contribution is -2.27. The number of hydrogen-bond donors (Lipinski definition) is 0. The van der Waals surface area contributed by atoms with E-state index in [1.807, 2.05) is 11.0 Å². The van der Waals surface area contributed by atoms with Crippen LogP contribution in [0.5, 0.6) is 0 Å². The molecule has 2 aliphatic rings. The summed E-state index contributed by atoms with van der Waals surface area (Å²) in [6.07, 6.45) is 6.04. The molecule has 1 fully saturated rings. The number of carbonyl (C=O) groups excluding carboxylic acids is 1. The highest BCUT2D eigenvalue weighted by Gasteiger charge is 2.29. The lowest BCUT2D eigenvalue weighted by atomic mass is 10.2. The maximum atomic E-state index is 10.9. The number of hydrogen-bond acceptors (Lipinski definition) is 1. The minimum atomic E-state index is 0.206. The maximum Gasteiger partial charge on any atom is 0.246 e. The summed E-state index contributed by atoms with van der Waals surface area (Å²) < 4.78 is 0. The van der Waals surface area contributed by atoms with Crippen molar-refractivity contribution in [3.05, 3.63) is 12.2 Å². The van der Waals surface area contributed by atoms with E-state index in [0.29, 0.717) is 6.04 Å². The van der Waals surface area contributed by atoms with Gasteiger partial charge in [0.05, 0.1) is 6.04 Å². The molecule has 2 aliphatic heterocycles. The maximum absolute atomic E-state index is 10.9. The van der Waals surface area contributed by atoms with Crippen LogP contribution in [0.4, 0.5) is 0 Å². The fraction of sp³-hybridized carbons (Fsp3) is 0.571. The summed E-state index contributed by atoms with van der Waals surface area (Å²) in [4.78, 5) is 12.8. The molecule has 2 heteroatoms. The highest BCUT2D eigenvalue weighted by atomic mass is 16.2. The first-order valence-electron chi connectivity index (χ1n) is 3.37. The van der Waals surface area contributed by atoms with Gasteiger partial charge in [0.2, 0.25) is 5.91 Å². The zero-order chi connectivity index (χ0) is 6.27. The Kier molecular flexibility index (Phi) is 0.891. The predicted octanol–water partition coefficient (Wildman–Crippen LogP) is 0.547. The molecule has 0 radical (unpaired) electrons. The molecular weight excluding hydrogens is 114 g/mol. The average Bonchev–Trinajstić information content (AvgIpc) is 2.35. The molecule has 0 aromatic carbocycles. The van der Waals surface area contributed by atoms with Crippen molar-refractivity contribution in [2.45, 2.75) is 18.9 Å². The molecule has 2 nitrogen and oxygen atoms in total. The molecule has 2 rings (SSSR count). The standard InChI is InChI=1S/C7H9NO/c9-7-4-3-6-2-1-5-8(6)7/h3-4,6H,1-2,5H2/t6-/m1/s1. The van der Waals surface area contributed by atoms with E-state index in [0.717, 1.165) is 6.54 Å². The Bertz CT molecular complexity index is 174. The van der Waals surface area contributed by atoms with Crippen molar-refractivity contribution >= 4 is 5.91 Å². The minimum Gasteiger partial charge on any atom is -0.333 e. The monoisotopic (exact) mass is 123 g/mol. The van der Waals surface area contributed by atoms with Gasteiger partial charge in [-0.25, -0.2) is 0 Å². The Balaban J connectivity index is 2.24. The molecule has 0 N–H and O–H groups in total. The van der Waals surface area contributed by atoms with Crippen molar-refractivity contribution in [1.29, 1.82) is 0 Å². The second kappa shape index (κ2) is 1.59. The van der Waals surface area contributed by atoms with Crippen molar-refractivity contribution in [2.75, 3.05) is 6.54 Å². The van der Waals surface area contributed by atoms with Crippen LogP contribution in [0.25, 0.3) is 0 Å². The summed E-state index contributed by atoms with van der Waals surface area (Å²) >= 11 is 0. The molecule has 1 atom stereocenters. The third kappa shape index (κ3) is 0.590. The van der Waals surface area contributed by atoms with Gasteiger partial charge in [0, 0.05) is 12.6 Å². The highest BCUT2D eigenvalue weighted by molar-refractivity contribution is 5.90. The fourth-order valence-corrected chi connectivity index (χ4v) is 1.56. The third-order valence-corrected chi connectivity index (χ3v) is 2.04. The molecule has 0 spiro atoms. The first-order chi connectivity index (χ1) is 4.38. The Hall–Kier alpha value is -0.790. The van der Waals surface area contributed by atoms with Gasteiger partial charge in [0.15, 0.2) is 0 Å². The van der Waals surface area contributed by atoms with Crippen molar-refractivity contribution in [2.24, 2.45) is 0 Å². The second-order valence-corrected chi connectivity index (χ2v) is 2.60. The molecule has 9 heavy (non-hydrogen) atoms. The van der Waals surface area contributed by atoms with Gasteiger partial charge >= 0.3 is 0 Å². The van der Waals surface area contributed by atoms with E-state index in [1.54, 1.807) is 6.08 Å². The van der Waals surface area contributed by atoms with Crippen LogP contribution in [-0.2, 0) is 4.79 Å². The predicted molar refractivity (Wildman–Crippen MR) is 33.9 cm³/mol. The smallest absolute Gasteiger partial charge is 0.246 e. The van der Waals surface area contributed by atoms with Crippen molar-refractivity contribution in [1.82, 2.24) is 4.90 Å². The molecular formula is C7H9NO. The number of fused-ring (bicyclic) bond motifs is 1. The summed E-state index contributed by atoms with van der Waals surface area (Å²) in [7, 11) is 0. The SMILES string of the molecule is O=C1C=C[C@H]2CCCN12. The van der Waals surface area contributed by atoms with Gasteiger partial charge in [-0.3, -0.25) is 4.79 Å². The summed E-state index contributed by atoms with van der Waals surface area (Å²) in [5, 5.41) is 0. The summed E-state index contributed by atoms with van der Waals surface area (Å²) in [6, 6.07) is 0.456. The van der Waals surface area contributed by atoms with E-state index >= 15 is 0 Å². The fourth-order valence-electron chi connectivity index (χ4n) is 1.56. The van der Waals surface area contributed by atoms with Crippen LogP contribution < -0.4 is 0 Å². The molecule has 0 aliphatic carbocycles. The zero-order valence-corrected chi connectivity index (χ0v) is 5.21. The summed E-state index contributed by atoms with van der Waals surface area (Å²) in [6.45, 7) is 0.969. The van der Waals surface area contributed by atoms with E-state index < -0.39 is 0 Å². The van der Waals surface area contributed by atoms with Gasteiger partial charge < -0.3 is 4.90 Å². The first kappa shape index (κ1) is 5.03. The third-order valence-electron chi connectivity index (χ3n) is 2.04. The van der Waals surface area contributed by atoms with Gasteiger partial charge in [-0.05, 0) is 12.8 Å². The first-order valence-corrected chi connectivity index (χ1v) is 3.37. The molecule has 0 bridgehead atoms.